The fourth-order valence-corrected chi connectivity index (χ4v) is 2.74. The standard InChI is InChI=1S/C19H29ClN2O2/c1-5-6-7-8-9-16(19(2,3)4)18(24)22-21-17(23)14-10-12-15(20)13-11-14/h10-13,16H,5-9H2,1-4H3,(H,21,23)(H,22,24). The number of unbranched alkanes of at least 4 members (excludes halogenated alkanes) is 3. The molecule has 0 bridgehead atoms. The van der Waals surface area contributed by atoms with E-state index in [1.54, 1.807) is 24.3 Å². The number of hydrazine groups is 1. The van der Waals surface area contributed by atoms with Crippen LogP contribution in [0.2, 0.25) is 5.02 Å². The summed E-state index contributed by atoms with van der Waals surface area (Å²) in [6.45, 7) is 8.33. The van der Waals surface area contributed by atoms with Gasteiger partial charge in [-0.2, -0.15) is 0 Å². The Morgan fingerprint density at radius 3 is 2.21 bits per heavy atom. The Labute approximate surface area is 150 Å². The molecule has 5 heteroatoms. The van der Waals surface area contributed by atoms with Crippen LogP contribution in [0, 0.1) is 11.3 Å². The molecule has 2 amide bonds. The molecule has 2 N–H and O–H groups in total. The van der Waals surface area contributed by atoms with E-state index in [0.717, 1.165) is 19.3 Å². The summed E-state index contributed by atoms with van der Waals surface area (Å²) in [6.07, 6.45) is 5.34. The van der Waals surface area contributed by atoms with E-state index in [0.29, 0.717) is 10.6 Å². The summed E-state index contributed by atoms with van der Waals surface area (Å²) in [5, 5.41) is 0.565. The minimum atomic E-state index is -0.348. The minimum absolute atomic E-state index is 0.138. The lowest BCUT2D eigenvalue weighted by Crippen LogP contribution is -2.47. The van der Waals surface area contributed by atoms with E-state index in [1.807, 2.05) is 0 Å². The van der Waals surface area contributed by atoms with Gasteiger partial charge in [0.25, 0.3) is 5.91 Å². The van der Waals surface area contributed by atoms with Crippen LogP contribution in [0.1, 0.15) is 70.2 Å². The molecule has 134 valence electrons. The summed E-state index contributed by atoms with van der Waals surface area (Å²) >= 11 is 5.81. The van der Waals surface area contributed by atoms with Gasteiger partial charge in [0, 0.05) is 16.5 Å². The van der Waals surface area contributed by atoms with Gasteiger partial charge in [-0.25, -0.2) is 0 Å². The Morgan fingerprint density at radius 1 is 1.04 bits per heavy atom. The Balaban J connectivity index is 2.57. The number of benzene rings is 1. The third-order valence-corrected chi connectivity index (χ3v) is 4.37. The maximum Gasteiger partial charge on any atom is 0.269 e. The largest absolute Gasteiger partial charge is 0.273 e. The molecule has 0 aliphatic carbocycles. The van der Waals surface area contributed by atoms with E-state index in [9.17, 15) is 9.59 Å². The first-order valence-corrected chi connectivity index (χ1v) is 8.99. The molecule has 1 unspecified atom stereocenters. The van der Waals surface area contributed by atoms with Crippen LogP contribution in [0.25, 0.3) is 0 Å². The van der Waals surface area contributed by atoms with Crippen LogP contribution < -0.4 is 10.9 Å². The highest BCUT2D eigenvalue weighted by Crippen LogP contribution is 2.30. The van der Waals surface area contributed by atoms with Gasteiger partial charge in [0.2, 0.25) is 5.91 Å². The molecule has 0 saturated heterocycles. The van der Waals surface area contributed by atoms with Crippen molar-refractivity contribution < 1.29 is 9.59 Å². The van der Waals surface area contributed by atoms with Crippen molar-refractivity contribution in [2.24, 2.45) is 11.3 Å². The first kappa shape index (κ1) is 20.5. The monoisotopic (exact) mass is 352 g/mol. The number of nitrogens with one attached hydrogen (secondary N) is 2. The third-order valence-electron chi connectivity index (χ3n) is 4.11. The number of amides is 2. The topological polar surface area (TPSA) is 58.2 Å². The van der Waals surface area contributed by atoms with Gasteiger partial charge in [-0.15, -0.1) is 0 Å². The van der Waals surface area contributed by atoms with E-state index in [1.165, 1.54) is 12.8 Å². The molecule has 0 saturated carbocycles. The molecule has 0 fully saturated rings. The lowest BCUT2D eigenvalue weighted by atomic mass is 9.77. The highest BCUT2D eigenvalue weighted by Gasteiger charge is 2.30. The number of halogens is 1. The summed E-state index contributed by atoms with van der Waals surface area (Å²) in [4.78, 5) is 24.6. The van der Waals surface area contributed by atoms with Crippen LogP contribution in [0.4, 0.5) is 0 Å². The second-order valence-corrected chi connectivity index (χ2v) is 7.65. The quantitative estimate of drug-likeness (QED) is 0.550. The van der Waals surface area contributed by atoms with E-state index >= 15 is 0 Å². The lowest BCUT2D eigenvalue weighted by molar-refractivity contribution is -0.129. The molecule has 0 spiro atoms. The predicted octanol–water partition coefficient (Wildman–Crippen LogP) is 4.73. The molecule has 1 aromatic carbocycles. The fourth-order valence-electron chi connectivity index (χ4n) is 2.61. The van der Waals surface area contributed by atoms with Crippen LogP contribution >= 0.6 is 11.6 Å². The van der Waals surface area contributed by atoms with Gasteiger partial charge in [-0.3, -0.25) is 20.4 Å². The summed E-state index contributed by atoms with van der Waals surface area (Å²) in [6, 6.07) is 6.53. The summed E-state index contributed by atoms with van der Waals surface area (Å²) in [5.74, 6) is -0.625. The van der Waals surface area contributed by atoms with Crippen molar-refractivity contribution in [3.63, 3.8) is 0 Å². The molecular weight excluding hydrogens is 324 g/mol. The fraction of sp³-hybridized carbons (Fsp3) is 0.579. The Hall–Kier alpha value is -1.55. The average molecular weight is 353 g/mol. The number of carbonyl (C=O) groups is 2. The van der Waals surface area contributed by atoms with Crippen LogP contribution in [0.15, 0.2) is 24.3 Å². The lowest BCUT2D eigenvalue weighted by Gasteiger charge is -2.29. The zero-order valence-electron chi connectivity index (χ0n) is 15.1. The zero-order chi connectivity index (χ0) is 18.2. The molecule has 0 radical (unpaired) electrons. The van der Waals surface area contributed by atoms with E-state index in [4.69, 9.17) is 11.6 Å². The zero-order valence-corrected chi connectivity index (χ0v) is 15.9. The molecule has 0 aliphatic rings. The van der Waals surface area contributed by atoms with Crippen LogP contribution in [0.3, 0.4) is 0 Å². The van der Waals surface area contributed by atoms with Crippen molar-refractivity contribution in [1.29, 1.82) is 0 Å². The van der Waals surface area contributed by atoms with Crippen molar-refractivity contribution in [3.8, 4) is 0 Å². The first-order chi connectivity index (χ1) is 11.3. The number of hydrogen-bond donors (Lipinski definition) is 2. The number of hydrogen-bond acceptors (Lipinski definition) is 2. The van der Waals surface area contributed by atoms with Gasteiger partial charge < -0.3 is 0 Å². The highest BCUT2D eigenvalue weighted by molar-refractivity contribution is 6.30. The highest BCUT2D eigenvalue weighted by atomic mass is 35.5. The molecule has 0 aromatic heterocycles. The maximum absolute atomic E-state index is 12.5. The molecule has 1 atom stereocenters. The van der Waals surface area contributed by atoms with Crippen LogP contribution in [-0.2, 0) is 4.79 Å². The Morgan fingerprint density at radius 2 is 1.67 bits per heavy atom. The van der Waals surface area contributed by atoms with Crippen molar-refractivity contribution in [2.45, 2.75) is 59.8 Å². The van der Waals surface area contributed by atoms with E-state index in [2.05, 4.69) is 38.5 Å². The van der Waals surface area contributed by atoms with Gasteiger partial charge in [0.1, 0.15) is 0 Å². The van der Waals surface area contributed by atoms with Gasteiger partial charge in [0.05, 0.1) is 0 Å². The van der Waals surface area contributed by atoms with Crippen molar-refractivity contribution >= 4 is 23.4 Å². The van der Waals surface area contributed by atoms with Gasteiger partial charge in [-0.1, -0.05) is 65.0 Å². The third kappa shape index (κ3) is 6.91. The molecular formula is C19H29ClN2O2. The van der Waals surface area contributed by atoms with Crippen molar-refractivity contribution in [2.75, 3.05) is 0 Å². The SMILES string of the molecule is CCCCCCC(C(=O)NNC(=O)c1ccc(Cl)cc1)C(C)(C)C. The van der Waals surface area contributed by atoms with Gasteiger partial charge >= 0.3 is 0 Å². The number of rotatable bonds is 7. The molecule has 1 aromatic rings. The summed E-state index contributed by atoms with van der Waals surface area (Å²) in [7, 11) is 0. The van der Waals surface area contributed by atoms with Crippen LogP contribution in [0.5, 0.6) is 0 Å². The molecule has 24 heavy (non-hydrogen) atoms. The predicted molar refractivity (Wildman–Crippen MR) is 98.8 cm³/mol. The van der Waals surface area contributed by atoms with Crippen molar-refractivity contribution in [1.82, 2.24) is 10.9 Å². The Bertz CT molecular complexity index is 535. The summed E-state index contributed by atoms with van der Waals surface area (Å²) in [5.41, 5.74) is 5.36. The Kier molecular flexibility index (Phi) is 8.26. The first-order valence-electron chi connectivity index (χ1n) is 8.61. The summed E-state index contributed by atoms with van der Waals surface area (Å²) < 4.78 is 0. The molecule has 0 heterocycles. The smallest absolute Gasteiger partial charge is 0.269 e. The molecule has 1 rings (SSSR count). The van der Waals surface area contributed by atoms with Gasteiger partial charge in [0.15, 0.2) is 0 Å². The number of carbonyl (C=O) groups excluding carboxylic acids is 2. The normalized spacial score (nSPS) is 12.5. The molecule has 0 aliphatic heterocycles. The van der Waals surface area contributed by atoms with E-state index in [-0.39, 0.29) is 23.1 Å². The second kappa shape index (κ2) is 9.67. The maximum atomic E-state index is 12.5. The van der Waals surface area contributed by atoms with Crippen molar-refractivity contribution in [3.05, 3.63) is 34.9 Å². The second-order valence-electron chi connectivity index (χ2n) is 7.22. The van der Waals surface area contributed by atoms with Gasteiger partial charge in [-0.05, 0) is 36.1 Å². The molecule has 4 nitrogen and oxygen atoms in total. The van der Waals surface area contributed by atoms with Crippen LogP contribution in [-0.4, -0.2) is 11.8 Å². The van der Waals surface area contributed by atoms with E-state index < -0.39 is 0 Å². The average Bonchev–Trinajstić information content (AvgIpc) is 2.51. The minimum Gasteiger partial charge on any atom is -0.273 e.